The number of carbonyl (C=O) groups is 2. The van der Waals surface area contributed by atoms with Crippen LogP contribution in [0.2, 0.25) is 0 Å². The summed E-state index contributed by atoms with van der Waals surface area (Å²) in [4.78, 5) is 31.3. The third-order valence-electron chi connectivity index (χ3n) is 5.69. The van der Waals surface area contributed by atoms with Gasteiger partial charge in [-0.15, -0.1) is 0 Å². The summed E-state index contributed by atoms with van der Waals surface area (Å²) < 4.78 is 12.3. The van der Waals surface area contributed by atoms with Gasteiger partial charge in [-0.3, -0.25) is 9.59 Å². The molecule has 0 bridgehead atoms. The van der Waals surface area contributed by atoms with Crippen LogP contribution < -0.4 is 20.1 Å². The molecule has 1 fully saturated rings. The number of piperazine rings is 1. The summed E-state index contributed by atoms with van der Waals surface area (Å²) in [5.74, 6) is 0.804. The summed E-state index contributed by atoms with van der Waals surface area (Å²) in [5, 5.41) is 10.5. The van der Waals surface area contributed by atoms with Crippen molar-refractivity contribution in [1.82, 2.24) is 30.1 Å². The number of aromatic nitrogens is 3. The maximum atomic E-state index is 12.7. The molecule has 1 aromatic carbocycles. The number of methoxy groups -OCH3 is 2. The number of nitrogens with one attached hydrogen (secondary N) is 2. The molecule has 10 heteroatoms. The zero-order valence-corrected chi connectivity index (χ0v) is 19.3. The molecule has 2 N–H and O–H groups in total. The molecule has 0 radical (unpaired) electrons. The Morgan fingerprint density at radius 2 is 1.88 bits per heavy atom. The summed E-state index contributed by atoms with van der Waals surface area (Å²) in [6.07, 6.45) is 2.04. The van der Waals surface area contributed by atoms with Crippen LogP contribution in [0.1, 0.15) is 16.9 Å². The van der Waals surface area contributed by atoms with Gasteiger partial charge in [0.05, 0.1) is 19.9 Å². The number of hydrogen-bond acceptors (Lipinski definition) is 7. The molecule has 1 aliphatic rings. The highest BCUT2D eigenvalue weighted by Gasteiger charge is 2.19. The molecule has 178 valence electrons. The largest absolute Gasteiger partial charge is 0.493 e. The Morgan fingerprint density at radius 3 is 2.62 bits per heavy atom. The molecule has 0 atom stereocenters. The minimum absolute atomic E-state index is 0.0627. The van der Waals surface area contributed by atoms with Crippen LogP contribution in [0.5, 0.6) is 11.5 Å². The predicted octanol–water partition coefficient (Wildman–Crippen LogP) is 1.52. The van der Waals surface area contributed by atoms with Crippen molar-refractivity contribution in [3.63, 3.8) is 0 Å². The van der Waals surface area contributed by atoms with Crippen LogP contribution in [-0.2, 0) is 4.79 Å². The van der Waals surface area contributed by atoms with E-state index in [0.29, 0.717) is 48.8 Å². The molecule has 1 aliphatic heterocycles. The lowest BCUT2D eigenvalue weighted by Gasteiger charge is -2.28. The lowest BCUT2D eigenvalue weighted by Crippen LogP contribution is -2.47. The topological polar surface area (TPSA) is 110 Å². The van der Waals surface area contributed by atoms with Crippen molar-refractivity contribution < 1.29 is 19.1 Å². The Balaban J connectivity index is 1.44. The number of rotatable bonds is 8. The maximum absolute atomic E-state index is 12.7. The van der Waals surface area contributed by atoms with Gasteiger partial charge >= 0.3 is 0 Å². The second kappa shape index (κ2) is 10.3. The van der Waals surface area contributed by atoms with Gasteiger partial charge in [0.25, 0.3) is 5.91 Å². The van der Waals surface area contributed by atoms with Crippen LogP contribution in [0.25, 0.3) is 16.9 Å². The van der Waals surface area contributed by atoms with Crippen LogP contribution in [0, 0.1) is 0 Å². The molecule has 0 aliphatic carbocycles. The van der Waals surface area contributed by atoms with E-state index in [1.165, 1.54) is 0 Å². The van der Waals surface area contributed by atoms with Crippen molar-refractivity contribution in [3.05, 3.63) is 54.4 Å². The lowest BCUT2D eigenvalue weighted by atomic mass is 10.1. The SMILES string of the molecule is C=C(CCNC(=O)c1cc2nccc(-c3ccc(OC)c(OC)c3)n2n1)C(=O)N1CCNCC1. The smallest absolute Gasteiger partial charge is 0.271 e. The fraction of sp³-hybridized carbons (Fsp3) is 0.333. The quantitative estimate of drug-likeness (QED) is 0.487. The lowest BCUT2D eigenvalue weighted by molar-refractivity contribution is -0.127. The van der Waals surface area contributed by atoms with Gasteiger partial charge in [-0.1, -0.05) is 6.58 Å². The molecule has 10 nitrogen and oxygen atoms in total. The van der Waals surface area contributed by atoms with E-state index in [-0.39, 0.29) is 17.5 Å². The molecule has 3 heterocycles. The minimum Gasteiger partial charge on any atom is -0.493 e. The average Bonchev–Trinajstić information content (AvgIpc) is 3.33. The fourth-order valence-electron chi connectivity index (χ4n) is 3.84. The predicted molar refractivity (Wildman–Crippen MR) is 127 cm³/mol. The molecule has 4 rings (SSSR count). The molecule has 2 aromatic heterocycles. The highest BCUT2D eigenvalue weighted by atomic mass is 16.5. The zero-order valence-electron chi connectivity index (χ0n) is 19.3. The van der Waals surface area contributed by atoms with Gasteiger partial charge in [0.2, 0.25) is 5.91 Å². The number of amides is 2. The van der Waals surface area contributed by atoms with Crippen molar-refractivity contribution >= 4 is 17.5 Å². The van der Waals surface area contributed by atoms with E-state index in [1.807, 2.05) is 24.3 Å². The van der Waals surface area contributed by atoms with Crippen LogP contribution in [0.15, 0.2) is 48.7 Å². The molecule has 0 spiro atoms. The monoisotopic (exact) mass is 464 g/mol. The van der Waals surface area contributed by atoms with E-state index >= 15 is 0 Å². The first-order valence-corrected chi connectivity index (χ1v) is 11.0. The van der Waals surface area contributed by atoms with Gasteiger partial charge in [-0.2, -0.15) is 5.10 Å². The van der Waals surface area contributed by atoms with E-state index in [0.717, 1.165) is 24.3 Å². The van der Waals surface area contributed by atoms with E-state index in [2.05, 4.69) is 27.3 Å². The highest BCUT2D eigenvalue weighted by molar-refractivity contribution is 5.94. The van der Waals surface area contributed by atoms with Crippen molar-refractivity contribution in [3.8, 4) is 22.8 Å². The fourth-order valence-corrected chi connectivity index (χ4v) is 3.84. The van der Waals surface area contributed by atoms with E-state index < -0.39 is 0 Å². The highest BCUT2D eigenvalue weighted by Crippen LogP contribution is 2.32. The molecule has 0 unspecified atom stereocenters. The van der Waals surface area contributed by atoms with Crippen molar-refractivity contribution in [2.24, 2.45) is 0 Å². The first-order chi connectivity index (χ1) is 16.5. The standard InChI is InChI=1S/C24H28N6O4/c1-16(24(32)29-12-10-25-11-13-29)6-8-27-23(31)18-15-22-26-9-7-19(30(22)28-18)17-4-5-20(33-2)21(14-17)34-3/h4-5,7,9,14-15,25H,1,6,8,10-13H2,2-3H3,(H,27,31). The Kier molecular flexibility index (Phi) is 7.07. The van der Waals surface area contributed by atoms with E-state index in [4.69, 9.17) is 9.47 Å². The Hall–Kier alpha value is -3.92. The average molecular weight is 465 g/mol. The molecular weight excluding hydrogens is 436 g/mol. The third-order valence-corrected chi connectivity index (χ3v) is 5.69. The first-order valence-electron chi connectivity index (χ1n) is 11.0. The number of benzene rings is 1. The van der Waals surface area contributed by atoms with Crippen molar-refractivity contribution in [2.75, 3.05) is 46.9 Å². The number of nitrogens with zero attached hydrogens (tertiary/aromatic N) is 4. The summed E-state index contributed by atoms with van der Waals surface area (Å²) in [6, 6.07) is 8.98. The third kappa shape index (κ3) is 4.86. The van der Waals surface area contributed by atoms with E-state index in [9.17, 15) is 9.59 Å². The Labute approximate surface area is 197 Å². The summed E-state index contributed by atoms with van der Waals surface area (Å²) in [5.41, 5.74) is 2.84. The van der Waals surface area contributed by atoms with Gasteiger partial charge in [-0.25, -0.2) is 9.50 Å². The summed E-state index contributed by atoms with van der Waals surface area (Å²) in [6.45, 7) is 7.08. The van der Waals surface area contributed by atoms with Gasteiger partial charge in [-0.05, 0) is 30.7 Å². The van der Waals surface area contributed by atoms with Crippen LogP contribution in [-0.4, -0.2) is 78.3 Å². The first kappa shape index (κ1) is 23.2. The van der Waals surface area contributed by atoms with Gasteiger partial charge < -0.3 is 25.0 Å². The molecular formula is C24H28N6O4. The molecule has 1 saturated heterocycles. The molecule has 3 aromatic rings. The number of fused-ring (bicyclic) bond motifs is 1. The Morgan fingerprint density at radius 1 is 1.12 bits per heavy atom. The molecule has 2 amide bonds. The maximum Gasteiger partial charge on any atom is 0.271 e. The minimum atomic E-state index is -0.341. The van der Waals surface area contributed by atoms with Crippen LogP contribution in [0.4, 0.5) is 0 Å². The summed E-state index contributed by atoms with van der Waals surface area (Å²) >= 11 is 0. The van der Waals surface area contributed by atoms with Crippen LogP contribution in [0.3, 0.4) is 0 Å². The second-order valence-corrected chi connectivity index (χ2v) is 7.85. The molecule has 0 saturated carbocycles. The normalized spacial score (nSPS) is 13.5. The Bertz CT molecular complexity index is 1220. The van der Waals surface area contributed by atoms with E-state index in [1.54, 1.807) is 35.9 Å². The zero-order chi connectivity index (χ0) is 24.1. The van der Waals surface area contributed by atoms with Gasteiger partial charge in [0.1, 0.15) is 0 Å². The summed E-state index contributed by atoms with van der Waals surface area (Å²) in [7, 11) is 3.16. The van der Waals surface area contributed by atoms with Crippen LogP contribution >= 0.6 is 0 Å². The van der Waals surface area contributed by atoms with Crippen molar-refractivity contribution in [1.29, 1.82) is 0 Å². The van der Waals surface area contributed by atoms with Gasteiger partial charge in [0.15, 0.2) is 22.8 Å². The van der Waals surface area contributed by atoms with Gasteiger partial charge in [0, 0.05) is 56.1 Å². The number of ether oxygens (including phenoxy) is 2. The number of carbonyl (C=O) groups excluding carboxylic acids is 2. The number of hydrogen-bond donors (Lipinski definition) is 2. The van der Waals surface area contributed by atoms with Crippen molar-refractivity contribution in [2.45, 2.75) is 6.42 Å². The second-order valence-electron chi connectivity index (χ2n) is 7.85. The molecule has 34 heavy (non-hydrogen) atoms.